The van der Waals surface area contributed by atoms with Gasteiger partial charge in [0.15, 0.2) is 0 Å². The molecule has 1 rings (SSSR count). The Kier molecular flexibility index (Phi) is 5.29. The molecular formula is C12H20ClNO2. The lowest BCUT2D eigenvalue weighted by molar-refractivity contribution is -0.121. The third-order valence-electron chi connectivity index (χ3n) is 3.03. The van der Waals surface area contributed by atoms with Gasteiger partial charge in [0.25, 0.3) is 0 Å². The largest absolute Gasteiger partial charge is 0.362 e. The number of alkyl halides is 1. The zero-order chi connectivity index (χ0) is 12.1. The number of nitrogens with one attached hydrogen (secondary N) is 1. The summed E-state index contributed by atoms with van der Waals surface area (Å²) in [6, 6.07) is 0. The van der Waals surface area contributed by atoms with E-state index in [9.17, 15) is 4.79 Å². The van der Waals surface area contributed by atoms with Gasteiger partial charge in [0.05, 0.1) is 0 Å². The lowest BCUT2D eigenvalue weighted by atomic mass is 9.99. The average molecular weight is 246 g/mol. The van der Waals surface area contributed by atoms with Gasteiger partial charge in [-0.15, -0.1) is 11.6 Å². The number of amides is 1. The molecule has 0 saturated heterocycles. The minimum absolute atomic E-state index is 0.154. The van der Waals surface area contributed by atoms with Gasteiger partial charge >= 0.3 is 0 Å². The highest BCUT2D eigenvalue weighted by Gasteiger charge is 2.29. The maximum Gasteiger partial charge on any atom is 0.244 e. The molecule has 0 aromatic rings. The molecule has 1 aliphatic carbocycles. The molecule has 2 atom stereocenters. The van der Waals surface area contributed by atoms with E-state index in [2.05, 4.69) is 19.2 Å². The van der Waals surface area contributed by atoms with Gasteiger partial charge in [0.1, 0.15) is 12.1 Å². The first kappa shape index (κ1) is 13.5. The van der Waals surface area contributed by atoms with Crippen LogP contribution in [-0.2, 0) is 9.53 Å². The van der Waals surface area contributed by atoms with Crippen LogP contribution in [0.4, 0.5) is 0 Å². The Balaban J connectivity index is 2.53. The zero-order valence-corrected chi connectivity index (χ0v) is 10.9. The van der Waals surface area contributed by atoms with Gasteiger partial charge in [-0.1, -0.05) is 12.5 Å². The molecule has 3 nitrogen and oxygen atoms in total. The number of halogens is 1. The van der Waals surface area contributed by atoms with Crippen molar-refractivity contribution in [1.82, 2.24) is 5.32 Å². The number of allylic oxidation sites excluding steroid dienone is 1. The smallest absolute Gasteiger partial charge is 0.244 e. The van der Waals surface area contributed by atoms with Gasteiger partial charge in [-0.25, -0.2) is 0 Å². The quantitative estimate of drug-likeness (QED) is 0.350. The Bertz CT molecular complexity index is 289. The fraction of sp³-hybridized carbons (Fsp3) is 0.750. The Morgan fingerprint density at radius 3 is 2.88 bits per heavy atom. The fourth-order valence-electron chi connectivity index (χ4n) is 2.07. The summed E-state index contributed by atoms with van der Waals surface area (Å²) < 4.78 is 5.06. The molecule has 0 aliphatic heterocycles. The van der Waals surface area contributed by atoms with Crippen LogP contribution < -0.4 is 5.32 Å². The van der Waals surface area contributed by atoms with E-state index in [1.165, 1.54) is 5.57 Å². The second-order valence-electron chi connectivity index (χ2n) is 4.22. The normalized spacial score (nSPS) is 22.4. The highest BCUT2D eigenvalue weighted by molar-refractivity contribution is 6.32. The SMILES string of the molecule is CCOCNC(=O)C(Cl)C1=C(C)CCC1C. The van der Waals surface area contributed by atoms with E-state index in [1.54, 1.807) is 0 Å². The molecule has 0 spiro atoms. The van der Waals surface area contributed by atoms with Crippen molar-refractivity contribution in [2.24, 2.45) is 5.92 Å². The first-order valence-corrected chi connectivity index (χ1v) is 6.20. The number of carbonyl (C=O) groups excluding carboxylic acids is 1. The predicted molar refractivity (Wildman–Crippen MR) is 65.4 cm³/mol. The zero-order valence-electron chi connectivity index (χ0n) is 10.2. The number of ether oxygens (including phenoxy) is 1. The monoisotopic (exact) mass is 245 g/mol. The van der Waals surface area contributed by atoms with Crippen LogP contribution in [0, 0.1) is 5.92 Å². The van der Waals surface area contributed by atoms with E-state index in [0.717, 1.165) is 18.4 Å². The molecule has 4 heteroatoms. The van der Waals surface area contributed by atoms with E-state index in [0.29, 0.717) is 12.5 Å². The summed E-state index contributed by atoms with van der Waals surface area (Å²) in [7, 11) is 0. The number of rotatable bonds is 5. The summed E-state index contributed by atoms with van der Waals surface area (Å²) in [6.07, 6.45) is 2.15. The van der Waals surface area contributed by atoms with Crippen LogP contribution in [0.15, 0.2) is 11.1 Å². The third kappa shape index (κ3) is 3.22. The van der Waals surface area contributed by atoms with Crippen LogP contribution in [0.2, 0.25) is 0 Å². The fourth-order valence-corrected chi connectivity index (χ4v) is 2.55. The Morgan fingerprint density at radius 1 is 1.69 bits per heavy atom. The Hall–Kier alpha value is -0.540. The molecule has 92 valence electrons. The number of hydrogen-bond acceptors (Lipinski definition) is 2. The number of hydrogen-bond donors (Lipinski definition) is 1. The molecule has 2 unspecified atom stereocenters. The lowest BCUT2D eigenvalue weighted by Crippen LogP contribution is -2.35. The van der Waals surface area contributed by atoms with Gasteiger partial charge in [-0.05, 0) is 38.2 Å². The second kappa shape index (κ2) is 6.26. The van der Waals surface area contributed by atoms with Crippen molar-refractivity contribution >= 4 is 17.5 Å². The third-order valence-corrected chi connectivity index (χ3v) is 3.47. The summed E-state index contributed by atoms with van der Waals surface area (Å²) in [5, 5.41) is 2.13. The lowest BCUT2D eigenvalue weighted by Gasteiger charge is -2.16. The van der Waals surface area contributed by atoms with Gasteiger partial charge in [-0.2, -0.15) is 0 Å². The van der Waals surface area contributed by atoms with Crippen LogP contribution in [0.3, 0.4) is 0 Å². The molecule has 0 aromatic carbocycles. The van der Waals surface area contributed by atoms with Crippen molar-refractivity contribution < 1.29 is 9.53 Å². The number of carbonyl (C=O) groups is 1. The van der Waals surface area contributed by atoms with E-state index in [4.69, 9.17) is 16.3 Å². The maximum atomic E-state index is 11.7. The van der Waals surface area contributed by atoms with Gasteiger partial charge < -0.3 is 10.1 Å². The summed E-state index contributed by atoms with van der Waals surface area (Å²) in [6.45, 7) is 6.89. The summed E-state index contributed by atoms with van der Waals surface area (Å²) in [5.41, 5.74) is 2.36. The molecule has 0 saturated carbocycles. The van der Waals surface area contributed by atoms with Crippen LogP contribution in [0.25, 0.3) is 0 Å². The summed E-state index contributed by atoms with van der Waals surface area (Å²) in [4.78, 5) is 11.7. The standard InChI is InChI=1S/C12H20ClNO2/c1-4-16-7-14-12(15)11(13)10-8(2)5-6-9(10)3/h8,11H,4-7H2,1-3H3,(H,14,15). The first-order valence-electron chi connectivity index (χ1n) is 5.77. The van der Waals surface area contributed by atoms with E-state index >= 15 is 0 Å². The molecule has 0 fully saturated rings. The van der Waals surface area contributed by atoms with Crippen molar-refractivity contribution in [2.45, 2.75) is 39.0 Å². The van der Waals surface area contributed by atoms with Crippen molar-refractivity contribution in [1.29, 1.82) is 0 Å². The molecular weight excluding hydrogens is 226 g/mol. The highest BCUT2D eigenvalue weighted by atomic mass is 35.5. The van der Waals surface area contributed by atoms with Gasteiger partial charge in [0.2, 0.25) is 5.91 Å². The van der Waals surface area contributed by atoms with Crippen LogP contribution in [0.5, 0.6) is 0 Å². The average Bonchev–Trinajstić information content (AvgIpc) is 2.58. The predicted octanol–water partition coefficient (Wildman–Crippen LogP) is 2.45. The van der Waals surface area contributed by atoms with Crippen LogP contribution in [0.1, 0.15) is 33.6 Å². The molecule has 16 heavy (non-hydrogen) atoms. The van der Waals surface area contributed by atoms with Crippen molar-refractivity contribution in [3.05, 3.63) is 11.1 Å². The molecule has 1 amide bonds. The Morgan fingerprint density at radius 2 is 2.38 bits per heavy atom. The van der Waals surface area contributed by atoms with Gasteiger partial charge in [0, 0.05) is 6.61 Å². The van der Waals surface area contributed by atoms with E-state index in [-0.39, 0.29) is 12.6 Å². The molecule has 1 aliphatic rings. The summed E-state index contributed by atoms with van der Waals surface area (Å²) in [5.74, 6) is 0.263. The van der Waals surface area contributed by atoms with Crippen LogP contribution in [-0.4, -0.2) is 24.6 Å². The molecule has 0 heterocycles. The molecule has 0 radical (unpaired) electrons. The molecule has 0 aromatic heterocycles. The maximum absolute atomic E-state index is 11.7. The second-order valence-corrected chi connectivity index (χ2v) is 4.65. The van der Waals surface area contributed by atoms with Crippen molar-refractivity contribution in [3.8, 4) is 0 Å². The summed E-state index contributed by atoms with van der Waals surface area (Å²) >= 11 is 6.18. The van der Waals surface area contributed by atoms with Crippen molar-refractivity contribution in [3.63, 3.8) is 0 Å². The first-order chi connectivity index (χ1) is 7.57. The Labute approximate surface area is 102 Å². The van der Waals surface area contributed by atoms with Crippen molar-refractivity contribution in [2.75, 3.05) is 13.3 Å². The minimum Gasteiger partial charge on any atom is -0.362 e. The van der Waals surface area contributed by atoms with Gasteiger partial charge in [-0.3, -0.25) is 4.79 Å². The van der Waals surface area contributed by atoms with Crippen LogP contribution >= 0.6 is 11.6 Å². The topological polar surface area (TPSA) is 38.3 Å². The molecule has 0 bridgehead atoms. The minimum atomic E-state index is -0.544. The molecule has 1 N–H and O–H groups in total. The van der Waals surface area contributed by atoms with E-state index in [1.807, 2.05) is 6.92 Å². The highest BCUT2D eigenvalue weighted by Crippen LogP contribution is 2.35. The van der Waals surface area contributed by atoms with E-state index < -0.39 is 5.38 Å².